The number of nitrogens with zero attached hydrogens (tertiary/aromatic N) is 1. The van der Waals surface area contributed by atoms with Crippen molar-refractivity contribution in [3.63, 3.8) is 0 Å². The molecule has 0 bridgehead atoms. The Balaban J connectivity index is 0.00000240. The van der Waals surface area contributed by atoms with Gasteiger partial charge >= 0.3 is 0 Å². The fourth-order valence-electron chi connectivity index (χ4n) is 2.78. The number of benzene rings is 3. The van der Waals surface area contributed by atoms with E-state index in [1.165, 1.54) is 0 Å². The number of aromatic nitrogens is 2. The van der Waals surface area contributed by atoms with E-state index in [1.54, 1.807) is 0 Å². The second-order valence-electron chi connectivity index (χ2n) is 6.25. The van der Waals surface area contributed by atoms with Gasteiger partial charge in [-0.15, -0.1) is 12.4 Å². The van der Waals surface area contributed by atoms with Crippen LogP contribution in [0.2, 0.25) is 0 Å². The summed E-state index contributed by atoms with van der Waals surface area (Å²) in [7, 11) is 1.89. The summed E-state index contributed by atoms with van der Waals surface area (Å²) in [6.45, 7) is 0.397. The van der Waals surface area contributed by atoms with Crippen molar-refractivity contribution in [2.75, 3.05) is 12.4 Å². The molecule has 0 unspecified atom stereocenters. The minimum absolute atomic E-state index is 0. The van der Waals surface area contributed by atoms with E-state index in [0.717, 1.165) is 40.0 Å². The quantitative estimate of drug-likeness (QED) is 0.399. The number of nitrogens with one attached hydrogen (secondary N) is 2. The number of hydrogen-bond donors (Lipinski definition) is 2. The van der Waals surface area contributed by atoms with Gasteiger partial charge in [-0.25, -0.2) is 4.98 Å². The van der Waals surface area contributed by atoms with Gasteiger partial charge in [0, 0.05) is 12.7 Å². The largest absolute Gasteiger partial charge is 0.486 e. The van der Waals surface area contributed by atoms with Gasteiger partial charge in [-0.3, -0.25) is 0 Å². The number of halogens is 1. The first-order valence-electron chi connectivity index (χ1n) is 9.08. The number of aromatic amines is 1. The summed E-state index contributed by atoms with van der Waals surface area (Å²) in [5.74, 6) is 3.19. The molecule has 1 heterocycles. The van der Waals surface area contributed by atoms with Crippen LogP contribution in [0.15, 0.2) is 85.1 Å². The van der Waals surface area contributed by atoms with Crippen molar-refractivity contribution >= 4 is 18.1 Å². The fraction of sp³-hybridized carbons (Fsp3) is 0.0870. The van der Waals surface area contributed by atoms with Crippen LogP contribution in [0.3, 0.4) is 0 Å². The van der Waals surface area contributed by atoms with Crippen molar-refractivity contribution in [2.45, 2.75) is 6.61 Å². The standard InChI is InChI=1S/C23H21N3O2.ClH/c1-24-18-9-13-21(14-10-18)28-20-11-7-17(8-12-20)22-15-25-23(26-22)16-27-19-5-3-2-4-6-19;/h2-15,24H,16H2,1H3,(H,25,26);1H. The first kappa shape index (κ1) is 20.3. The van der Waals surface area contributed by atoms with Crippen LogP contribution in [0.1, 0.15) is 5.82 Å². The molecule has 0 saturated carbocycles. The van der Waals surface area contributed by atoms with E-state index in [1.807, 2.05) is 92.1 Å². The average Bonchev–Trinajstić information content (AvgIpc) is 3.23. The lowest BCUT2D eigenvalue weighted by atomic mass is 10.1. The van der Waals surface area contributed by atoms with Crippen LogP contribution in [-0.4, -0.2) is 17.0 Å². The first-order chi connectivity index (χ1) is 13.8. The van der Waals surface area contributed by atoms with Crippen molar-refractivity contribution in [3.8, 4) is 28.5 Å². The third kappa shape index (κ3) is 5.30. The molecule has 0 aliphatic carbocycles. The Morgan fingerprint density at radius 3 is 2.14 bits per heavy atom. The molecule has 3 aromatic carbocycles. The predicted octanol–water partition coefficient (Wildman–Crippen LogP) is 5.91. The normalized spacial score (nSPS) is 10.1. The second-order valence-corrected chi connectivity index (χ2v) is 6.25. The van der Waals surface area contributed by atoms with Gasteiger partial charge in [-0.2, -0.15) is 0 Å². The highest BCUT2D eigenvalue weighted by molar-refractivity contribution is 5.85. The predicted molar refractivity (Wildman–Crippen MR) is 118 cm³/mol. The van der Waals surface area contributed by atoms with Crippen LogP contribution in [0.4, 0.5) is 5.69 Å². The zero-order valence-electron chi connectivity index (χ0n) is 16.0. The second kappa shape index (κ2) is 9.66. The molecular weight excluding hydrogens is 386 g/mol. The van der Waals surface area contributed by atoms with Crippen LogP contribution in [0.5, 0.6) is 17.2 Å². The van der Waals surface area contributed by atoms with Gasteiger partial charge in [0.1, 0.15) is 29.7 Å². The van der Waals surface area contributed by atoms with Crippen LogP contribution >= 0.6 is 12.4 Å². The number of imidazole rings is 1. The highest BCUT2D eigenvalue weighted by atomic mass is 35.5. The van der Waals surface area contributed by atoms with Crippen molar-refractivity contribution in [2.24, 2.45) is 0 Å². The molecule has 148 valence electrons. The van der Waals surface area contributed by atoms with Crippen LogP contribution in [-0.2, 0) is 6.61 Å². The van der Waals surface area contributed by atoms with E-state index in [2.05, 4.69) is 15.3 Å². The lowest BCUT2D eigenvalue weighted by Crippen LogP contribution is -1.97. The van der Waals surface area contributed by atoms with Gasteiger partial charge in [0.05, 0.1) is 11.9 Å². The monoisotopic (exact) mass is 407 g/mol. The summed E-state index contributed by atoms with van der Waals surface area (Å²) in [5, 5.41) is 3.09. The molecule has 4 aromatic rings. The zero-order chi connectivity index (χ0) is 19.2. The Morgan fingerprint density at radius 2 is 1.48 bits per heavy atom. The van der Waals surface area contributed by atoms with E-state index in [0.29, 0.717) is 6.61 Å². The number of ether oxygens (including phenoxy) is 2. The molecular formula is C23H22ClN3O2. The van der Waals surface area contributed by atoms with Crippen LogP contribution in [0, 0.1) is 0 Å². The summed E-state index contributed by atoms with van der Waals surface area (Å²) in [4.78, 5) is 7.69. The molecule has 29 heavy (non-hydrogen) atoms. The first-order valence-corrected chi connectivity index (χ1v) is 9.08. The van der Waals surface area contributed by atoms with E-state index in [9.17, 15) is 0 Å². The Kier molecular flexibility index (Phi) is 6.76. The molecule has 0 aliphatic rings. The van der Waals surface area contributed by atoms with E-state index in [-0.39, 0.29) is 12.4 Å². The Morgan fingerprint density at radius 1 is 0.828 bits per heavy atom. The van der Waals surface area contributed by atoms with Crippen molar-refractivity contribution < 1.29 is 9.47 Å². The Hall–Kier alpha value is -3.44. The molecule has 1 aromatic heterocycles. The third-order valence-electron chi connectivity index (χ3n) is 4.29. The molecule has 0 spiro atoms. The van der Waals surface area contributed by atoms with Crippen molar-refractivity contribution in [1.82, 2.24) is 9.97 Å². The topological polar surface area (TPSA) is 59.2 Å². The highest BCUT2D eigenvalue weighted by Crippen LogP contribution is 2.26. The minimum Gasteiger partial charge on any atom is -0.486 e. The SMILES string of the molecule is CNc1ccc(Oc2ccc(-c3cnc(COc4ccccc4)[nH]3)cc2)cc1.Cl. The summed E-state index contributed by atoms with van der Waals surface area (Å²) >= 11 is 0. The van der Waals surface area contributed by atoms with Crippen molar-refractivity contribution in [3.05, 3.63) is 90.9 Å². The number of rotatable bonds is 7. The maximum atomic E-state index is 5.89. The molecule has 0 fully saturated rings. The number of para-hydroxylation sites is 1. The van der Waals surface area contributed by atoms with E-state index in [4.69, 9.17) is 9.47 Å². The maximum Gasteiger partial charge on any atom is 0.146 e. The zero-order valence-corrected chi connectivity index (χ0v) is 16.8. The van der Waals surface area contributed by atoms with Crippen LogP contribution < -0.4 is 14.8 Å². The smallest absolute Gasteiger partial charge is 0.146 e. The molecule has 0 radical (unpaired) electrons. The van der Waals surface area contributed by atoms with E-state index >= 15 is 0 Å². The molecule has 5 nitrogen and oxygen atoms in total. The molecule has 0 atom stereocenters. The lowest BCUT2D eigenvalue weighted by Gasteiger charge is -2.07. The van der Waals surface area contributed by atoms with Gasteiger partial charge in [0.2, 0.25) is 0 Å². The van der Waals surface area contributed by atoms with Gasteiger partial charge in [0.15, 0.2) is 0 Å². The molecule has 0 aliphatic heterocycles. The molecule has 6 heteroatoms. The van der Waals surface area contributed by atoms with E-state index < -0.39 is 0 Å². The van der Waals surface area contributed by atoms with Crippen molar-refractivity contribution in [1.29, 1.82) is 0 Å². The van der Waals surface area contributed by atoms with Gasteiger partial charge < -0.3 is 19.8 Å². The molecule has 4 rings (SSSR count). The van der Waals surface area contributed by atoms with Crippen LogP contribution in [0.25, 0.3) is 11.3 Å². The summed E-state index contributed by atoms with van der Waals surface area (Å²) in [6.07, 6.45) is 1.82. The van der Waals surface area contributed by atoms with Gasteiger partial charge in [-0.05, 0) is 66.2 Å². The maximum absolute atomic E-state index is 5.89. The number of H-pyrrole nitrogens is 1. The summed E-state index contributed by atoms with van der Waals surface area (Å²) in [6, 6.07) is 25.4. The fourth-order valence-corrected chi connectivity index (χ4v) is 2.78. The average molecular weight is 408 g/mol. The van der Waals surface area contributed by atoms with Gasteiger partial charge in [-0.1, -0.05) is 18.2 Å². The number of hydrogen-bond acceptors (Lipinski definition) is 4. The van der Waals surface area contributed by atoms with Gasteiger partial charge in [0.25, 0.3) is 0 Å². The molecule has 2 N–H and O–H groups in total. The third-order valence-corrected chi connectivity index (χ3v) is 4.29. The number of anilines is 1. The minimum atomic E-state index is 0. The Labute approximate surface area is 176 Å². The summed E-state index contributed by atoms with van der Waals surface area (Å²) < 4.78 is 11.6. The Bertz CT molecular complexity index is 1020. The molecule has 0 amide bonds. The molecule has 0 saturated heterocycles. The lowest BCUT2D eigenvalue weighted by molar-refractivity contribution is 0.297. The highest BCUT2D eigenvalue weighted by Gasteiger charge is 2.05. The summed E-state index contributed by atoms with van der Waals surface area (Å²) in [5.41, 5.74) is 3.03.